The molecule has 0 spiro atoms. The second-order valence-corrected chi connectivity index (χ2v) is 6.98. The fourth-order valence-corrected chi connectivity index (χ4v) is 3.56. The average Bonchev–Trinajstić information content (AvgIpc) is 2.76. The van der Waals surface area contributed by atoms with Crippen LogP contribution in [0.4, 0.5) is 4.39 Å². The monoisotopic (exact) mass is 389 g/mol. The van der Waals surface area contributed by atoms with E-state index in [0.717, 1.165) is 29.8 Å². The molecule has 0 amide bonds. The van der Waals surface area contributed by atoms with Crippen molar-refractivity contribution in [3.05, 3.63) is 82.2 Å². The Morgan fingerprint density at radius 1 is 1.17 bits per heavy atom. The first-order valence-electron chi connectivity index (χ1n) is 9.20. The Kier molecular flexibility index (Phi) is 4.33. The van der Waals surface area contributed by atoms with Crippen molar-refractivity contribution in [3.8, 4) is 11.4 Å². The summed E-state index contributed by atoms with van der Waals surface area (Å²) in [6.07, 6.45) is 8.86. The van der Waals surface area contributed by atoms with Gasteiger partial charge in [0.05, 0.1) is 22.9 Å². The van der Waals surface area contributed by atoms with Crippen LogP contribution in [0.2, 0.25) is 0 Å². The number of hydrogen-bond acceptors (Lipinski definition) is 7. The minimum absolute atomic E-state index is 0.202. The molecule has 144 valence electrons. The van der Waals surface area contributed by atoms with Gasteiger partial charge in [-0.25, -0.2) is 24.3 Å². The van der Waals surface area contributed by atoms with E-state index in [1.165, 1.54) is 30.8 Å². The quantitative estimate of drug-likeness (QED) is 0.533. The number of aromatic nitrogens is 4. The molecule has 3 aromatic heterocycles. The third-order valence-electron chi connectivity index (χ3n) is 5.03. The number of nitrogens with zero attached hydrogens (tertiary/aromatic N) is 5. The van der Waals surface area contributed by atoms with Crippen molar-refractivity contribution < 1.29 is 8.81 Å². The van der Waals surface area contributed by atoms with Crippen LogP contribution < -0.4 is 5.43 Å². The molecule has 0 bridgehead atoms. The van der Waals surface area contributed by atoms with Crippen LogP contribution in [-0.4, -0.2) is 31.4 Å². The Morgan fingerprint density at radius 3 is 2.90 bits per heavy atom. The lowest BCUT2D eigenvalue weighted by atomic mass is 10.1. The van der Waals surface area contributed by atoms with E-state index < -0.39 is 5.82 Å². The summed E-state index contributed by atoms with van der Waals surface area (Å²) in [4.78, 5) is 31.9. The summed E-state index contributed by atoms with van der Waals surface area (Å²) in [5.41, 5.74) is 3.47. The Bertz CT molecular complexity index is 1260. The zero-order chi connectivity index (χ0) is 19.8. The molecule has 0 unspecified atom stereocenters. The number of benzene rings is 1. The molecule has 0 fully saturated rings. The van der Waals surface area contributed by atoms with Crippen LogP contribution in [0.15, 0.2) is 58.6 Å². The first kappa shape index (κ1) is 17.6. The SMILES string of the molecule is O=c1c(CN2CCc3nc(-c4cncnc4)ncc3C2)coc2ccc(F)cc12. The fraction of sp³-hybridized carbons (Fsp3) is 0.190. The molecule has 8 heteroatoms. The lowest BCUT2D eigenvalue weighted by molar-refractivity contribution is 0.240. The Labute approximate surface area is 164 Å². The highest BCUT2D eigenvalue weighted by Crippen LogP contribution is 2.22. The molecule has 0 saturated heterocycles. The van der Waals surface area contributed by atoms with Crippen molar-refractivity contribution in [2.75, 3.05) is 6.54 Å². The van der Waals surface area contributed by atoms with E-state index in [2.05, 4.69) is 24.8 Å². The van der Waals surface area contributed by atoms with E-state index >= 15 is 0 Å². The first-order valence-corrected chi connectivity index (χ1v) is 9.20. The van der Waals surface area contributed by atoms with Crippen LogP contribution in [0.1, 0.15) is 16.8 Å². The van der Waals surface area contributed by atoms with Crippen molar-refractivity contribution in [2.24, 2.45) is 0 Å². The first-order chi connectivity index (χ1) is 14.2. The maximum atomic E-state index is 13.5. The van der Waals surface area contributed by atoms with E-state index in [1.807, 2.05) is 6.20 Å². The lowest BCUT2D eigenvalue weighted by Gasteiger charge is -2.27. The van der Waals surface area contributed by atoms with Crippen molar-refractivity contribution in [1.29, 1.82) is 0 Å². The summed E-state index contributed by atoms with van der Waals surface area (Å²) < 4.78 is 19.0. The number of hydrogen-bond donors (Lipinski definition) is 0. The average molecular weight is 389 g/mol. The number of fused-ring (bicyclic) bond motifs is 2. The minimum atomic E-state index is -0.453. The molecule has 4 aromatic rings. The summed E-state index contributed by atoms with van der Waals surface area (Å²) in [6.45, 7) is 1.79. The molecule has 1 aliphatic heterocycles. The highest BCUT2D eigenvalue weighted by Gasteiger charge is 2.20. The minimum Gasteiger partial charge on any atom is -0.464 e. The molecule has 1 aromatic carbocycles. The molecule has 5 rings (SSSR count). The van der Waals surface area contributed by atoms with E-state index in [4.69, 9.17) is 4.42 Å². The topological polar surface area (TPSA) is 85.0 Å². The van der Waals surface area contributed by atoms with Crippen LogP contribution in [0.5, 0.6) is 0 Å². The Hall–Kier alpha value is -3.52. The van der Waals surface area contributed by atoms with Gasteiger partial charge < -0.3 is 4.42 Å². The molecular formula is C21H16FN5O2. The van der Waals surface area contributed by atoms with Crippen LogP contribution in [0.25, 0.3) is 22.4 Å². The van der Waals surface area contributed by atoms with Gasteiger partial charge in [-0.1, -0.05) is 0 Å². The highest BCUT2D eigenvalue weighted by molar-refractivity contribution is 5.76. The molecule has 1 aliphatic rings. The predicted molar refractivity (Wildman–Crippen MR) is 103 cm³/mol. The third-order valence-corrected chi connectivity index (χ3v) is 5.03. The third kappa shape index (κ3) is 3.38. The molecule has 0 radical (unpaired) electrons. The van der Waals surface area contributed by atoms with E-state index in [0.29, 0.717) is 30.1 Å². The van der Waals surface area contributed by atoms with Gasteiger partial charge in [-0.3, -0.25) is 9.69 Å². The zero-order valence-electron chi connectivity index (χ0n) is 15.4. The molecule has 0 atom stereocenters. The van der Waals surface area contributed by atoms with Crippen molar-refractivity contribution in [1.82, 2.24) is 24.8 Å². The van der Waals surface area contributed by atoms with Crippen molar-refractivity contribution in [3.63, 3.8) is 0 Å². The predicted octanol–water partition coefficient (Wildman–Crippen LogP) is 2.74. The van der Waals surface area contributed by atoms with Gasteiger partial charge in [0.1, 0.15) is 17.7 Å². The van der Waals surface area contributed by atoms with Gasteiger partial charge in [0.15, 0.2) is 11.3 Å². The molecule has 29 heavy (non-hydrogen) atoms. The highest BCUT2D eigenvalue weighted by atomic mass is 19.1. The second-order valence-electron chi connectivity index (χ2n) is 6.98. The van der Waals surface area contributed by atoms with Gasteiger partial charge >= 0.3 is 0 Å². The van der Waals surface area contributed by atoms with Gasteiger partial charge in [-0.05, 0) is 18.2 Å². The van der Waals surface area contributed by atoms with Crippen molar-refractivity contribution in [2.45, 2.75) is 19.5 Å². The van der Waals surface area contributed by atoms with Gasteiger partial charge in [0.25, 0.3) is 0 Å². The van der Waals surface area contributed by atoms with Crippen LogP contribution in [-0.2, 0) is 19.5 Å². The summed E-state index contributed by atoms with van der Waals surface area (Å²) in [5, 5.41) is 0.262. The van der Waals surface area contributed by atoms with Crippen LogP contribution >= 0.6 is 0 Å². The molecule has 0 saturated carbocycles. The maximum Gasteiger partial charge on any atom is 0.197 e. The molecule has 0 aliphatic carbocycles. The van der Waals surface area contributed by atoms with Crippen LogP contribution in [0.3, 0.4) is 0 Å². The molecular weight excluding hydrogens is 373 g/mol. The van der Waals surface area contributed by atoms with Gasteiger partial charge in [0, 0.05) is 55.8 Å². The Morgan fingerprint density at radius 2 is 2.03 bits per heavy atom. The standard InChI is InChI=1S/C21H16FN5O2/c22-16-1-2-19-17(5-16)20(28)15(11-29-19)10-27-4-3-18-14(9-27)8-25-21(26-18)13-6-23-12-24-7-13/h1-2,5-8,11-12H,3-4,9-10H2. The van der Waals surface area contributed by atoms with Gasteiger partial charge in [0.2, 0.25) is 0 Å². The van der Waals surface area contributed by atoms with E-state index in [1.54, 1.807) is 12.4 Å². The molecule has 7 nitrogen and oxygen atoms in total. The zero-order valence-corrected chi connectivity index (χ0v) is 15.4. The Balaban J connectivity index is 1.38. The van der Waals surface area contributed by atoms with E-state index in [-0.39, 0.29) is 10.8 Å². The number of halogens is 1. The summed E-state index contributed by atoms with van der Waals surface area (Å²) in [7, 11) is 0. The van der Waals surface area contributed by atoms with Crippen molar-refractivity contribution >= 4 is 11.0 Å². The fourth-order valence-electron chi connectivity index (χ4n) is 3.56. The smallest absolute Gasteiger partial charge is 0.197 e. The largest absolute Gasteiger partial charge is 0.464 e. The second kappa shape index (κ2) is 7.14. The van der Waals surface area contributed by atoms with Gasteiger partial charge in [-0.2, -0.15) is 0 Å². The summed E-state index contributed by atoms with van der Waals surface area (Å²) in [6, 6.07) is 3.97. The van der Waals surface area contributed by atoms with E-state index in [9.17, 15) is 9.18 Å². The summed E-state index contributed by atoms with van der Waals surface area (Å²) in [5.74, 6) is 0.153. The maximum absolute atomic E-state index is 13.5. The lowest BCUT2D eigenvalue weighted by Crippen LogP contribution is -2.32. The normalized spacial score (nSPS) is 14.1. The number of rotatable bonds is 3. The van der Waals surface area contributed by atoms with Crippen LogP contribution in [0, 0.1) is 5.82 Å². The molecule has 4 heterocycles. The summed E-state index contributed by atoms with van der Waals surface area (Å²) >= 11 is 0. The molecule has 0 N–H and O–H groups in total. The van der Waals surface area contributed by atoms with Gasteiger partial charge in [-0.15, -0.1) is 0 Å².